The highest BCUT2D eigenvalue weighted by atomic mass is 16.5. The number of anilines is 1. The Morgan fingerprint density at radius 1 is 1.31 bits per heavy atom. The zero-order valence-corrected chi connectivity index (χ0v) is 16.3. The molecule has 1 fully saturated rings. The van der Waals surface area contributed by atoms with Crippen LogP contribution in [0.1, 0.15) is 24.0 Å². The van der Waals surface area contributed by atoms with Gasteiger partial charge in [0.1, 0.15) is 5.58 Å². The van der Waals surface area contributed by atoms with Gasteiger partial charge in [0.05, 0.1) is 6.10 Å². The number of urea groups is 1. The summed E-state index contributed by atoms with van der Waals surface area (Å²) in [5.74, 6) is 0. The number of carbonyl (C=O) groups is 1. The number of amides is 2. The molecule has 0 unspecified atom stereocenters. The van der Waals surface area contributed by atoms with Crippen molar-refractivity contribution in [3.8, 4) is 0 Å². The van der Waals surface area contributed by atoms with Crippen LogP contribution in [-0.4, -0.2) is 35.2 Å². The van der Waals surface area contributed by atoms with Gasteiger partial charge in [0.15, 0.2) is 0 Å². The zero-order chi connectivity index (χ0) is 20.2. The Labute approximate surface area is 168 Å². The number of pyridine rings is 1. The highest BCUT2D eigenvalue weighted by Gasteiger charge is 2.23. The summed E-state index contributed by atoms with van der Waals surface area (Å²) in [6.45, 7) is 3.52. The molecular formula is C22H23N3O4. The summed E-state index contributed by atoms with van der Waals surface area (Å²) in [5, 5.41) is 3.76. The van der Waals surface area contributed by atoms with E-state index in [2.05, 4.69) is 10.3 Å². The normalized spacial score (nSPS) is 16.1. The van der Waals surface area contributed by atoms with Gasteiger partial charge in [-0.1, -0.05) is 6.07 Å². The van der Waals surface area contributed by atoms with E-state index in [1.807, 2.05) is 31.2 Å². The Hall–Kier alpha value is -3.19. The number of aromatic nitrogens is 1. The highest BCUT2D eigenvalue weighted by Crippen LogP contribution is 2.22. The van der Waals surface area contributed by atoms with Crippen LogP contribution in [0.3, 0.4) is 0 Å². The smallest absolute Gasteiger partial charge is 0.336 e. The molecule has 1 atom stereocenters. The van der Waals surface area contributed by atoms with Gasteiger partial charge in [-0.3, -0.25) is 4.98 Å². The highest BCUT2D eigenvalue weighted by molar-refractivity contribution is 5.92. The molecule has 0 aliphatic carbocycles. The van der Waals surface area contributed by atoms with Crippen LogP contribution in [0.15, 0.2) is 58.0 Å². The van der Waals surface area contributed by atoms with Gasteiger partial charge in [-0.15, -0.1) is 0 Å². The molecule has 0 radical (unpaired) electrons. The van der Waals surface area contributed by atoms with Crippen LogP contribution in [0.5, 0.6) is 0 Å². The fourth-order valence-corrected chi connectivity index (χ4v) is 3.57. The molecule has 0 saturated carbocycles. The van der Waals surface area contributed by atoms with Crippen LogP contribution in [0, 0.1) is 6.92 Å². The van der Waals surface area contributed by atoms with Crippen LogP contribution >= 0.6 is 0 Å². The van der Waals surface area contributed by atoms with E-state index in [9.17, 15) is 9.59 Å². The number of benzene rings is 1. The first kappa shape index (κ1) is 19.1. The predicted molar refractivity (Wildman–Crippen MR) is 110 cm³/mol. The summed E-state index contributed by atoms with van der Waals surface area (Å²) < 4.78 is 11.0. The van der Waals surface area contributed by atoms with Crippen molar-refractivity contribution in [2.45, 2.75) is 32.4 Å². The summed E-state index contributed by atoms with van der Waals surface area (Å²) >= 11 is 0. The summed E-state index contributed by atoms with van der Waals surface area (Å²) in [6.07, 6.45) is 5.45. The molecule has 1 aromatic carbocycles. The lowest BCUT2D eigenvalue weighted by Gasteiger charge is -2.26. The van der Waals surface area contributed by atoms with Crippen molar-refractivity contribution in [2.24, 2.45) is 0 Å². The van der Waals surface area contributed by atoms with Crippen molar-refractivity contribution in [3.63, 3.8) is 0 Å². The first-order chi connectivity index (χ1) is 14.1. The van der Waals surface area contributed by atoms with E-state index in [1.54, 1.807) is 23.4 Å². The molecule has 0 spiro atoms. The summed E-state index contributed by atoms with van der Waals surface area (Å²) in [5.41, 5.74) is 2.40. The number of rotatable bonds is 5. The first-order valence-electron chi connectivity index (χ1n) is 9.69. The van der Waals surface area contributed by atoms with E-state index >= 15 is 0 Å². The standard InChI is InChI=1S/C22H23N3O4/c1-15-10-21(26)29-20-11-17(6-7-19(15)20)24-22(27)25(14-18-5-3-9-28-18)13-16-4-2-8-23-12-16/h2,4,6-8,10-12,18H,3,5,9,13-14H2,1H3,(H,24,27)/t18-/m1/s1. The van der Waals surface area contributed by atoms with Crippen molar-refractivity contribution >= 4 is 22.7 Å². The average Bonchev–Trinajstić information content (AvgIpc) is 3.21. The SMILES string of the molecule is Cc1cc(=O)oc2cc(NC(=O)N(Cc3cccnc3)C[C@H]3CCCO3)ccc12. The Morgan fingerprint density at radius 3 is 2.97 bits per heavy atom. The molecule has 1 aliphatic rings. The molecule has 7 heteroatoms. The largest absolute Gasteiger partial charge is 0.423 e. The molecule has 1 N–H and O–H groups in total. The van der Waals surface area contributed by atoms with Crippen LogP contribution < -0.4 is 10.9 Å². The lowest BCUT2D eigenvalue weighted by Crippen LogP contribution is -2.39. The monoisotopic (exact) mass is 393 g/mol. The van der Waals surface area contributed by atoms with Gasteiger partial charge < -0.3 is 19.4 Å². The van der Waals surface area contributed by atoms with E-state index < -0.39 is 5.63 Å². The molecule has 150 valence electrons. The fourth-order valence-electron chi connectivity index (χ4n) is 3.57. The van der Waals surface area contributed by atoms with Crippen LogP contribution in [0.25, 0.3) is 11.0 Å². The molecule has 1 aliphatic heterocycles. The van der Waals surface area contributed by atoms with Gasteiger partial charge in [-0.25, -0.2) is 9.59 Å². The molecule has 2 aromatic heterocycles. The van der Waals surface area contributed by atoms with E-state index in [1.165, 1.54) is 6.07 Å². The second kappa shape index (κ2) is 8.45. The number of aryl methyl sites for hydroxylation is 1. The van der Waals surface area contributed by atoms with Crippen LogP contribution in [0.4, 0.5) is 10.5 Å². The molecule has 2 amide bonds. The maximum absolute atomic E-state index is 13.0. The van der Waals surface area contributed by atoms with Gasteiger partial charge >= 0.3 is 11.7 Å². The number of ether oxygens (including phenoxy) is 1. The number of nitrogens with one attached hydrogen (secondary N) is 1. The molecule has 3 aromatic rings. The van der Waals surface area contributed by atoms with Gasteiger partial charge in [-0.2, -0.15) is 0 Å². The van der Waals surface area contributed by atoms with E-state index in [-0.39, 0.29) is 12.1 Å². The van der Waals surface area contributed by atoms with Gasteiger partial charge in [0.25, 0.3) is 0 Å². The first-order valence-corrected chi connectivity index (χ1v) is 9.69. The lowest BCUT2D eigenvalue weighted by molar-refractivity contribution is 0.0819. The number of nitrogens with zero attached hydrogens (tertiary/aromatic N) is 2. The summed E-state index contributed by atoms with van der Waals surface area (Å²) in [7, 11) is 0. The van der Waals surface area contributed by atoms with Gasteiger partial charge in [0.2, 0.25) is 0 Å². The third-order valence-electron chi connectivity index (χ3n) is 5.03. The molecule has 29 heavy (non-hydrogen) atoms. The molecule has 3 heterocycles. The van der Waals surface area contributed by atoms with E-state index in [4.69, 9.17) is 9.15 Å². The van der Waals surface area contributed by atoms with Crippen molar-refractivity contribution < 1.29 is 13.9 Å². The molecular weight excluding hydrogens is 370 g/mol. The quantitative estimate of drug-likeness (QED) is 0.668. The van der Waals surface area contributed by atoms with E-state index in [0.717, 1.165) is 36.0 Å². The maximum atomic E-state index is 13.0. The Kier molecular flexibility index (Phi) is 5.57. The second-order valence-electron chi connectivity index (χ2n) is 7.27. The van der Waals surface area contributed by atoms with Crippen molar-refractivity contribution in [3.05, 3.63) is 70.3 Å². The Bertz CT molecular complexity index is 1060. The van der Waals surface area contributed by atoms with Crippen molar-refractivity contribution in [2.75, 3.05) is 18.5 Å². The Morgan fingerprint density at radius 2 is 2.21 bits per heavy atom. The summed E-state index contributed by atoms with van der Waals surface area (Å²) in [4.78, 5) is 30.5. The molecule has 0 bridgehead atoms. The molecule has 1 saturated heterocycles. The maximum Gasteiger partial charge on any atom is 0.336 e. The van der Waals surface area contributed by atoms with Crippen molar-refractivity contribution in [1.29, 1.82) is 0 Å². The lowest BCUT2D eigenvalue weighted by atomic mass is 10.1. The van der Waals surface area contributed by atoms with Gasteiger partial charge in [-0.05, 0) is 49.1 Å². The van der Waals surface area contributed by atoms with Gasteiger partial charge in [0, 0.05) is 55.3 Å². The van der Waals surface area contributed by atoms with Crippen LogP contribution in [0.2, 0.25) is 0 Å². The minimum absolute atomic E-state index is 0.0368. The van der Waals surface area contributed by atoms with Crippen LogP contribution in [-0.2, 0) is 11.3 Å². The number of carbonyl (C=O) groups excluding carboxylic acids is 1. The fraction of sp³-hybridized carbons (Fsp3) is 0.318. The predicted octanol–water partition coefficient (Wildman–Crippen LogP) is 3.71. The number of hydrogen-bond acceptors (Lipinski definition) is 5. The van der Waals surface area contributed by atoms with Crippen molar-refractivity contribution in [1.82, 2.24) is 9.88 Å². The summed E-state index contributed by atoms with van der Waals surface area (Å²) in [6, 6.07) is 10.3. The third-order valence-corrected chi connectivity index (χ3v) is 5.03. The number of fused-ring (bicyclic) bond motifs is 1. The van der Waals surface area contributed by atoms with E-state index in [0.29, 0.717) is 24.4 Å². The third kappa shape index (κ3) is 4.63. The average molecular weight is 393 g/mol. The zero-order valence-electron chi connectivity index (χ0n) is 16.3. The minimum atomic E-state index is -0.407. The number of hydrogen-bond donors (Lipinski definition) is 1. The topological polar surface area (TPSA) is 84.7 Å². The minimum Gasteiger partial charge on any atom is -0.423 e. The molecule has 7 nitrogen and oxygen atoms in total. The molecule has 4 rings (SSSR count). The Balaban J connectivity index is 1.54. The second-order valence-corrected chi connectivity index (χ2v) is 7.27.